The predicted octanol–water partition coefficient (Wildman–Crippen LogP) is 2.79. The van der Waals surface area contributed by atoms with Gasteiger partial charge in [0.25, 0.3) is 0 Å². The summed E-state index contributed by atoms with van der Waals surface area (Å²) in [6, 6.07) is 3.07. The van der Waals surface area contributed by atoms with E-state index in [1.807, 2.05) is 13.8 Å². The van der Waals surface area contributed by atoms with Crippen molar-refractivity contribution in [1.29, 1.82) is 0 Å². The molecule has 0 saturated heterocycles. The van der Waals surface area contributed by atoms with Gasteiger partial charge in [-0.05, 0) is 35.8 Å². The van der Waals surface area contributed by atoms with E-state index in [9.17, 15) is 4.39 Å². The zero-order valence-electron chi connectivity index (χ0n) is 8.33. The number of aryl methyl sites for hydroxylation is 1. The van der Waals surface area contributed by atoms with Crippen LogP contribution in [0.25, 0.3) is 5.69 Å². The lowest BCUT2D eigenvalue weighted by atomic mass is 10.3. The van der Waals surface area contributed by atoms with Gasteiger partial charge in [-0.25, -0.2) is 9.67 Å². The first-order valence-corrected chi connectivity index (χ1v) is 5.22. The number of aromatic nitrogens is 3. The van der Waals surface area contributed by atoms with Crippen LogP contribution in [-0.4, -0.2) is 14.8 Å². The molecule has 0 spiro atoms. The Labute approximate surface area is 95.1 Å². The average Bonchev–Trinajstić information content (AvgIpc) is 2.46. The van der Waals surface area contributed by atoms with Gasteiger partial charge >= 0.3 is 0 Å². The molecule has 0 bridgehead atoms. The Bertz CT molecular complexity index is 507. The molecule has 2 rings (SSSR count). The summed E-state index contributed by atoms with van der Waals surface area (Å²) in [5, 5.41) is 4.30. The van der Waals surface area contributed by atoms with Gasteiger partial charge in [0, 0.05) is 12.3 Å². The lowest BCUT2D eigenvalue weighted by Crippen LogP contribution is -2.00. The number of pyridine rings is 1. The van der Waals surface area contributed by atoms with Crippen LogP contribution in [0, 0.1) is 19.8 Å². The van der Waals surface area contributed by atoms with Gasteiger partial charge in [0.1, 0.15) is 0 Å². The van der Waals surface area contributed by atoms with Gasteiger partial charge in [0.2, 0.25) is 5.95 Å². The molecule has 0 unspecified atom stereocenters. The van der Waals surface area contributed by atoms with Crippen LogP contribution in [0.4, 0.5) is 4.39 Å². The Morgan fingerprint density at radius 2 is 2.13 bits per heavy atom. The average molecular weight is 270 g/mol. The monoisotopic (exact) mass is 269 g/mol. The van der Waals surface area contributed by atoms with E-state index in [0.717, 1.165) is 15.9 Å². The second kappa shape index (κ2) is 3.73. The highest BCUT2D eigenvalue weighted by Crippen LogP contribution is 2.22. The van der Waals surface area contributed by atoms with Crippen LogP contribution in [0.2, 0.25) is 0 Å². The van der Waals surface area contributed by atoms with Crippen molar-refractivity contribution in [3.8, 4) is 5.69 Å². The molecule has 0 amide bonds. The molecule has 0 N–H and O–H groups in total. The summed E-state index contributed by atoms with van der Waals surface area (Å²) < 4.78 is 15.6. The third-order valence-electron chi connectivity index (χ3n) is 2.16. The first-order chi connectivity index (χ1) is 7.09. The van der Waals surface area contributed by atoms with Crippen molar-refractivity contribution < 1.29 is 4.39 Å². The molecule has 0 radical (unpaired) electrons. The highest BCUT2D eigenvalue weighted by Gasteiger charge is 2.10. The largest absolute Gasteiger partial charge is 0.236 e. The summed E-state index contributed by atoms with van der Waals surface area (Å²) in [5.74, 6) is -0.504. The minimum absolute atomic E-state index is 0.504. The van der Waals surface area contributed by atoms with E-state index in [1.165, 1.54) is 12.3 Å². The quantitative estimate of drug-likeness (QED) is 0.746. The third kappa shape index (κ3) is 1.79. The third-order valence-corrected chi connectivity index (χ3v) is 3.31. The minimum Gasteiger partial charge on any atom is -0.236 e. The van der Waals surface area contributed by atoms with Gasteiger partial charge in [0.05, 0.1) is 21.5 Å². The van der Waals surface area contributed by atoms with Gasteiger partial charge in [-0.15, -0.1) is 0 Å². The molecule has 0 atom stereocenters. The highest BCUT2D eigenvalue weighted by molar-refractivity contribution is 9.10. The van der Waals surface area contributed by atoms with Crippen LogP contribution < -0.4 is 0 Å². The van der Waals surface area contributed by atoms with Crippen molar-refractivity contribution in [3.63, 3.8) is 0 Å². The lowest BCUT2D eigenvalue weighted by Gasteiger charge is -2.03. The molecule has 0 aliphatic rings. The molecule has 5 heteroatoms. The first-order valence-electron chi connectivity index (χ1n) is 4.43. The molecule has 15 heavy (non-hydrogen) atoms. The highest BCUT2D eigenvalue weighted by atomic mass is 79.9. The first kappa shape index (κ1) is 10.3. The number of hydrogen-bond donors (Lipinski definition) is 0. The van der Waals surface area contributed by atoms with Crippen molar-refractivity contribution in [3.05, 3.63) is 40.1 Å². The van der Waals surface area contributed by atoms with Crippen LogP contribution in [0.1, 0.15) is 11.4 Å². The molecule has 2 heterocycles. The molecule has 0 fully saturated rings. The van der Waals surface area contributed by atoms with Crippen LogP contribution in [0.3, 0.4) is 0 Å². The molecule has 0 aromatic carbocycles. The number of hydrogen-bond acceptors (Lipinski definition) is 2. The van der Waals surface area contributed by atoms with E-state index in [0.29, 0.717) is 5.69 Å². The zero-order chi connectivity index (χ0) is 11.0. The fourth-order valence-electron chi connectivity index (χ4n) is 1.40. The molecule has 2 aromatic heterocycles. The summed E-state index contributed by atoms with van der Waals surface area (Å²) >= 11 is 3.42. The number of nitrogens with zero attached hydrogens (tertiary/aromatic N) is 3. The van der Waals surface area contributed by atoms with Gasteiger partial charge in [-0.3, -0.25) is 0 Å². The van der Waals surface area contributed by atoms with Crippen molar-refractivity contribution in [2.24, 2.45) is 0 Å². The molecule has 78 valence electrons. The second-order valence-electron chi connectivity index (χ2n) is 3.23. The minimum atomic E-state index is -0.504. The van der Waals surface area contributed by atoms with Gasteiger partial charge in [0.15, 0.2) is 0 Å². The molecular formula is C10H9BrFN3. The Balaban J connectivity index is 2.59. The van der Waals surface area contributed by atoms with Crippen molar-refractivity contribution in [1.82, 2.24) is 14.8 Å². The summed E-state index contributed by atoms with van der Waals surface area (Å²) in [4.78, 5) is 3.50. The zero-order valence-corrected chi connectivity index (χ0v) is 9.92. The maximum atomic E-state index is 12.9. The topological polar surface area (TPSA) is 30.7 Å². The van der Waals surface area contributed by atoms with Gasteiger partial charge in [-0.2, -0.15) is 9.49 Å². The van der Waals surface area contributed by atoms with E-state index in [-0.39, 0.29) is 0 Å². The van der Waals surface area contributed by atoms with E-state index in [4.69, 9.17) is 0 Å². The normalized spacial score (nSPS) is 10.7. The summed E-state index contributed by atoms with van der Waals surface area (Å²) in [6.07, 6.45) is 1.43. The van der Waals surface area contributed by atoms with Crippen LogP contribution >= 0.6 is 15.9 Å². The van der Waals surface area contributed by atoms with Crippen molar-refractivity contribution in [2.45, 2.75) is 13.8 Å². The Morgan fingerprint density at radius 3 is 2.67 bits per heavy atom. The summed E-state index contributed by atoms with van der Waals surface area (Å²) in [7, 11) is 0. The predicted molar refractivity (Wildman–Crippen MR) is 58.5 cm³/mol. The van der Waals surface area contributed by atoms with Gasteiger partial charge in [-0.1, -0.05) is 0 Å². The maximum absolute atomic E-state index is 12.9. The standard InChI is InChI=1S/C10H9BrFN3/c1-6-10(11)7(2)15(14-6)8-3-4-13-9(12)5-8/h3-5H,1-2H3. The van der Waals surface area contributed by atoms with E-state index < -0.39 is 5.95 Å². The lowest BCUT2D eigenvalue weighted by molar-refractivity contribution is 0.581. The van der Waals surface area contributed by atoms with Crippen LogP contribution in [0.5, 0.6) is 0 Å². The van der Waals surface area contributed by atoms with Crippen LogP contribution in [0.15, 0.2) is 22.8 Å². The molecular weight excluding hydrogens is 261 g/mol. The van der Waals surface area contributed by atoms with E-state index >= 15 is 0 Å². The van der Waals surface area contributed by atoms with E-state index in [1.54, 1.807) is 10.7 Å². The Kier molecular flexibility index (Phi) is 2.56. The molecule has 3 nitrogen and oxygen atoms in total. The molecule has 0 saturated carbocycles. The smallest absolute Gasteiger partial charge is 0.214 e. The fraction of sp³-hybridized carbons (Fsp3) is 0.200. The van der Waals surface area contributed by atoms with Crippen molar-refractivity contribution in [2.75, 3.05) is 0 Å². The summed E-state index contributed by atoms with van der Waals surface area (Å²) in [6.45, 7) is 3.81. The Hall–Kier alpha value is -1.23. The summed E-state index contributed by atoms with van der Waals surface area (Å²) in [5.41, 5.74) is 2.50. The van der Waals surface area contributed by atoms with Crippen molar-refractivity contribution >= 4 is 15.9 Å². The Morgan fingerprint density at radius 1 is 1.40 bits per heavy atom. The van der Waals surface area contributed by atoms with Gasteiger partial charge < -0.3 is 0 Å². The number of halogens is 2. The van der Waals surface area contributed by atoms with Crippen LogP contribution in [-0.2, 0) is 0 Å². The maximum Gasteiger partial charge on any atom is 0.214 e. The molecule has 0 aliphatic heterocycles. The second-order valence-corrected chi connectivity index (χ2v) is 4.03. The SMILES string of the molecule is Cc1nn(-c2ccnc(F)c2)c(C)c1Br. The molecule has 2 aromatic rings. The fourth-order valence-corrected chi connectivity index (χ4v) is 1.65. The number of rotatable bonds is 1. The molecule has 0 aliphatic carbocycles. The van der Waals surface area contributed by atoms with E-state index in [2.05, 4.69) is 26.0 Å².